The minimum absolute atomic E-state index is 0. The summed E-state index contributed by atoms with van der Waals surface area (Å²) < 4.78 is 0.824. The monoisotopic (exact) mass is 387 g/mol. The third-order valence-electron chi connectivity index (χ3n) is 2.28. The Morgan fingerprint density at radius 1 is 1.59 bits per heavy atom. The third kappa shape index (κ3) is 7.10. The molecular formula is C11H19ClIN3S. The molecule has 1 aromatic heterocycles. The fourth-order valence-electron chi connectivity index (χ4n) is 1.17. The van der Waals surface area contributed by atoms with Gasteiger partial charge in [0.1, 0.15) is 0 Å². The highest BCUT2D eigenvalue weighted by molar-refractivity contribution is 14.0. The van der Waals surface area contributed by atoms with Crippen molar-refractivity contribution in [2.75, 3.05) is 6.54 Å². The summed E-state index contributed by atoms with van der Waals surface area (Å²) in [6.07, 6.45) is 1.93. The van der Waals surface area contributed by atoms with Crippen molar-refractivity contribution >= 4 is 52.9 Å². The maximum atomic E-state index is 5.84. The Hall–Kier alpha value is -0.0100. The Labute approximate surface area is 129 Å². The first kappa shape index (κ1) is 17.0. The molecule has 3 N–H and O–H groups in total. The molecule has 1 unspecified atom stereocenters. The molecule has 6 heteroatoms. The Morgan fingerprint density at radius 3 is 2.82 bits per heavy atom. The van der Waals surface area contributed by atoms with Crippen LogP contribution in [0.5, 0.6) is 0 Å². The first-order valence-corrected chi connectivity index (χ1v) is 6.62. The van der Waals surface area contributed by atoms with Crippen LogP contribution < -0.4 is 11.1 Å². The SMILES string of the molecule is CCC(C)NC(N)=NCCc1ccc(Cl)s1.I. The van der Waals surface area contributed by atoms with Gasteiger partial charge in [-0.2, -0.15) is 0 Å². The second kappa shape index (κ2) is 8.99. The van der Waals surface area contributed by atoms with Crippen LogP contribution in [0.3, 0.4) is 0 Å². The molecule has 0 aromatic carbocycles. The largest absolute Gasteiger partial charge is 0.370 e. The number of halogens is 2. The second-order valence-corrected chi connectivity index (χ2v) is 5.48. The van der Waals surface area contributed by atoms with Crippen LogP contribution in [0, 0.1) is 0 Å². The zero-order valence-corrected chi connectivity index (χ0v) is 14.0. The van der Waals surface area contributed by atoms with Crippen molar-refractivity contribution in [3.63, 3.8) is 0 Å². The number of guanidine groups is 1. The molecule has 0 fully saturated rings. The van der Waals surface area contributed by atoms with Gasteiger partial charge in [0, 0.05) is 23.9 Å². The van der Waals surface area contributed by atoms with E-state index in [1.807, 2.05) is 12.1 Å². The standard InChI is InChI=1S/C11H18ClN3S.HI/c1-3-8(2)15-11(13)14-7-6-9-4-5-10(12)16-9;/h4-5,8H,3,6-7H2,1-2H3,(H3,13,14,15);1H. The molecule has 1 heterocycles. The smallest absolute Gasteiger partial charge is 0.188 e. The quantitative estimate of drug-likeness (QED) is 0.463. The molecule has 1 atom stereocenters. The van der Waals surface area contributed by atoms with E-state index in [4.69, 9.17) is 17.3 Å². The number of hydrogen-bond acceptors (Lipinski definition) is 2. The van der Waals surface area contributed by atoms with Crippen LogP contribution in [-0.4, -0.2) is 18.5 Å². The number of aliphatic imine (C=N–C) groups is 1. The number of hydrogen-bond donors (Lipinski definition) is 2. The summed E-state index contributed by atoms with van der Waals surface area (Å²) >= 11 is 7.43. The van der Waals surface area contributed by atoms with Gasteiger partial charge >= 0.3 is 0 Å². The van der Waals surface area contributed by atoms with Gasteiger partial charge in [-0.3, -0.25) is 4.99 Å². The van der Waals surface area contributed by atoms with Gasteiger partial charge in [0.15, 0.2) is 5.96 Å². The predicted octanol–water partition coefficient (Wildman–Crippen LogP) is 3.26. The molecule has 1 rings (SSSR count). The van der Waals surface area contributed by atoms with Gasteiger partial charge in [-0.25, -0.2) is 0 Å². The summed E-state index contributed by atoms with van der Waals surface area (Å²) in [5.41, 5.74) is 5.74. The van der Waals surface area contributed by atoms with Crippen LogP contribution in [0.15, 0.2) is 17.1 Å². The molecule has 17 heavy (non-hydrogen) atoms. The van der Waals surface area contributed by atoms with E-state index in [1.165, 1.54) is 4.88 Å². The molecule has 3 nitrogen and oxygen atoms in total. The van der Waals surface area contributed by atoms with Crippen molar-refractivity contribution in [3.8, 4) is 0 Å². The van der Waals surface area contributed by atoms with Gasteiger partial charge in [0.25, 0.3) is 0 Å². The van der Waals surface area contributed by atoms with E-state index in [0.29, 0.717) is 18.5 Å². The molecule has 0 saturated heterocycles. The molecule has 0 aliphatic heterocycles. The zero-order valence-electron chi connectivity index (χ0n) is 10.1. The second-order valence-electron chi connectivity index (χ2n) is 3.68. The summed E-state index contributed by atoms with van der Waals surface area (Å²) in [4.78, 5) is 5.50. The first-order chi connectivity index (χ1) is 7.61. The van der Waals surface area contributed by atoms with Crippen LogP contribution in [0.4, 0.5) is 0 Å². The van der Waals surface area contributed by atoms with E-state index in [-0.39, 0.29) is 24.0 Å². The number of nitrogens with one attached hydrogen (secondary N) is 1. The van der Waals surface area contributed by atoms with Gasteiger partial charge in [-0.1, -0.05) is 18.5 Å². The van der Waals surface area contributed by atoms with Crippen molar-refractivity contribution in [2.45, 2.75) is 32.7 Å². The van der Waals surface area contributed by atoms with Crippen LogP contribution in [-0.2, 0) is 6.42 Å². The highest BCUT2D eigenvalue weighted by atomic mass is 127. The number of thiophene rings is 1. The molecule has 0 radical (unpaired) electrons. The fourth-order valence-corrected chi connectivity index (χ4v) is 2.25. The van der Waals surface area contributed by atoms with Crippen molar-refractivity contribution in [1.29, 1.82) is 0 Å². The zero-order chi connectivity index (χ0) is 12.0. The lowest BCUT2D eigenvalue weighted by Crippen LogP contribution is -2.38. The normalized spacial score (nSPS) is 13.0. The molecular weight excluding hydrogens is 369 g/mol. The van der Waals surface area contributed by atoms with Crippen LogP contribution in [0.1, 0.15) is 25.1 Å². The summed E-state index contributed by atoms with van der Waals surface area (Å²) in [5.74, 6) is 0.525. The average molecular weight is 388 g/mol. The lowest BCUT2D eigenvalue weighted by molar-refractivity contribution is 0.636. The van der Waals surface area contributed by atoms with E-state index in [2.05, 4.69) is 24.2 Å². The number of nitrogens with zero attached hydrogens (tertiary/aromatic N) is 1. The average Bonchev–Trinajstić information content (AvgIpc) is 2.64. The Bertz CT molecular complexity index is 354. The van der Waals surface area contributed by atoms with Crippen molar-refractivity contribution in [3.05, 3.63) is 21.3 Å². The molecule has 0 spiro atoms. The molecule has 0 bridgehead atoms. The highest BCUT2D eigenvalue weighted by Gasteiger charge is 2.00. The summed E-state index contributed by atoms with van der Waals surface area (Å²) in [6, 6.07) is 4.31. The lowest BCUT2D eigenvalue weighted by atomic mass is 10.3. The number of rotatable bonds is 5. The maximum Gasteiger partial charge on any atom is 0.188 e. The van der Waals surface area contributed by atoms with Gasteiger partial charge in [-0.15, -0.1) is 35.3 Å². The highest BCUT2D eigenvalue weighted by Crippen LogP contribution is 2.21. The molecule has 0 aliphatic rings. The minimum Gasteiger partial charge on any atom is -0.370 e. The lowest BCUT2D eigenvalue weighted by Gasteiger charge is -2.11. The maximum absolute atomic E-state index is 5.84. The Morgan fingerprint density at radius 2 is 2.29 bits per heavy atom. The molecule has 0 saturated carbocycles. The van der Waals surface area contributed by atoms with Gasteiger partial charge < -0.3 is 11.1 Å². The molecule has 0 amide bonds. The fraction of sp³-hybridized carbons (Fsp3) is 0.545. The predicted molar refractivity (Wildman–Crippen MR) is 87.8 cm³/mol. The van der Waals surface area contributed by atoms with E-state index in [0.717, 1.165) is 17.2 Å². The van der Waals surface area contributed by atoms with E-state index < -0.39 is 0 Å². The number of nitrogens with two attached hydrogens (primary N) is 1. The van der Waals surface area contributed by atoms with E-state index in [9.17, 15) is 0 Å². The Kier molecular flexibility index (Phi) is 8.99. The summed E-state index contributed by atoms with van der Waals surface area (Å²) in [5, 5.41) is 3.13. The van der Waals surface area contributed by atoms with Crippen LogP contribution >= 0.6 is 46.9 Å². The van der Waals surface area contributed by atoms with Gasteiger partial charge in [0.2, 0.25) is 0 Å². The summed E-state index contributed by atoms with van der Waals surface area (Å²) in [7, 11) is 0. The van der Waals surface area contributed by atoms with E-state index >= 15 is 0 Å². The van der Waals surface area contributed by atoms with E-state index in [1.54, 1.807) is 11.3 Å². The molecule has 98 valence electrons. The topological polar surface area (TPSA) is 50.4 Å². The van der Waals surface area contributed by atoms with Gasteiger partial charge in [-0.05, 0) is 25.5 Å². The first-order valence-electron chi connectivity index (χ1n) is 5.42. The Balaban J connectivity index is 0.00000256. The van der Waals surface area contributed by atoms with Crippen molar-refractivity contribution in [2.24, 2.45) is 10.7 Å². The summed E-state index contributed by atoms with van der Waals surface area (Å²) in [6.45, 7) is 4.89. The molecule has 1 aromatic rings. The van der Waals surface area contributed by atoms with Crippen molar-refractivity contribution < 1.29 is 0 Å². The molecule has 0 aliphatic carbocycles. The van der Waals surface area contributed by atoms with Crippen LogP contribution in [0.25, 0.3) is 0 Å². The minimum atomic E-state index is 0. The van der Waals surface area contributed by atoms with Gasteiger partial charge in [0.05, 0.1) is 4.34 Å². The van der Waals surface area contributed by atoms with Crippen molar-refractivity contribution in [1.82, 2.24) is 5.32 Å². The third-order valence-corrected chi connectivity index (χ3v) is 3.57. The van der Waals surface area contributed by atoms with Crippen LogP contribution in [0.2, 0.25) is 4.34 Å².